The first kappa shape index (κ1) is 20.5. The van der Waals surface area contributed by atoms with Crippen molar-refractivity contribution < 1.29 is 4.79 Å². The molecule has 2 aliphatic rings. The molecule has 0 fully saturated rings. The fourth-order valence-electron chi connectivity index (χ4n) is 5.61. The highest BCUT2D eigenvalue weighted by atomic mass is 16.1. The zero-order valence-electron chi connectivity index (χ0n) is 19.2. The topological polar surface area (TPSA) is 77.9 Å². The van der Waals surface area contributed by atoms with Gasteiger partial charge >= 0.3 is 0 Å². The van der Waals surface area contributed by atoms with Crippen molar-refractivity contribution in [2.24, 2.45) is 10.5 Å². The number of allylic oxidation sites excluding steroid dienone is 1. The van der Waals surface area contributed by atoms with E-state index >= 15 is 0 Å². The van der Waals surface area contributed by atoms with E-state index in [4.69, 9.17) is 5.53 Å². The molecule has 34 heavy (non-hydrogen) atoms. The molecule has 0 bridgehead atoms. The summed E-state index contributed by atoms with van der Waals surface area (Å²) < 4.78 is 0. The summed E-state index contributed by atoms with van der Waals surface area (Å²) in [6.45, 7) is 4.36. The SMILES string of the molecule is CC1(C)CC(=O)C2=C(C1)c1c(ccc3cc4ccccc4cc13)NC2c1ccc(N=[N+]=[N-])cc1. The third kappa shape index (κ3) is 3.25. The van der Waals surface area contributed by atoms with Gasteiger partial charge in [0.1, 0.15) is 0 Å². The Morgan fingerprint density at radius 3 is 2.41 bits per heavy atom. The number of hydrogen-bond donors (Lipinski definition) is 1. The number of anilines is 1. The van der Waals surface area contributed by atoms with Crippen molar-refractivity contribution in [3.63, 3.8) is 0 Å². The average Bonchev–Trinajstić information content (AvgIpc) is 2.82. The van der Waals surface area contributed by atoms with Crippen molar-refractivity contribution in [1.82, 2.24) is 0 Å². The number of azide groups is 1. The van der Waals surface area contributed by atoms with E-state index in [1.54, 1.807) is 12.1 Å². The zero-order valence-corrected chi connectivity index (χ0v) is 19.2. The molecule has 5 heteroatoms. The lowest BCUT2D eigenvalue weighted by Gasteiger charge is -2.40. The third-order valence-corrected chi connectivity index (χ3v) is 7.08. The predicted octanol–water partition coefficient (Wildman–Crippen LogP) is 8.24. The first-order valence-electron chi connectivity index (χ1n) is 11.6. The van der Waals surface area contributed by atoms with Crippen LogP contribution >= 0.6 is 0 Å². The summed E-state index contributed by atoms with van der Waals surface area (Å²) >= 11 is 0. The second kappa shape index (κ2) is 7.47. The Kier molecular flexibility index (Phi) is 4.51. The highest BCUT2D eigenvalue weighted by Crippen LogP contribution is 2.52. The molecule has 0 spiro atoms. The first-order valence-corrected chi connectivity index (χ1v) is 11.6. The van der Waals surface area contributed by atoms with E-state index in [1.807, 2.05) is 12.1 Å². The Balaban J connectivity index is 1.61. The number of rotatable bonds is 2. The van der Waals surface area contributed by atoms with E-state index in [0.29, 0.717) is 12.1 Å². The summed E-state index contributed by atoms with van der Waals surface area (Å²) in [5.41, 5.74) is 14.4. The van der Waals surface area contributed by atoms with Crippen LogP contribution in [-0.2, 0) is 4.79 Å². The molecular formula is C29H24N4O. The minimum atomic E-state index is -0.232. The van der Waals surface area contributed by atoms with Gasteiger partial charge in [-0.2, -0.15) is 0 Å². The number of carbonyl (C=O) groups is 1. The van der Waals surface area contributed by atoms with E-state index in [-0.39, 0.29) is 17.2 Å². The second-order valence-electron chi connectivity index (χ2n) is 10.1. The molecule has 5 nitrogen and oxygen atoms in total. The summed E-state index contributed by atoms with van der Waals surface area (Å²) in [4.78, 5) is 16.5. The minimum absolute atomic E-state index is 0.0978. The molecule has 0 aromatic heterocycles. The van der Waals surface area contributed by atoms with E-state index in [9.17, 15) is 4.79 Å². The Bertz CT molecular complexity index is 1570. The summed E-state index contributed by atoms with van der Waals surface area (Å²) in [6, 6.07) is 24.5. The molecule has 0 saturated carbocycles. The van der Waals surface area contributed by atoms with Gasteiger partial charge in [-0.1, -0.05) is 73.6 Å². The van der Waals surface area contributed by atoms with Crippen molar-refractivity contribution in [1.29, 1.82) is 0 Å². The molecule has 1 aliphatic heterocycles. The third-order valence-electron chi connectivity index (χ3n) is 7.08. The summed E-state index contributed by atoms with van der Waals surface area (Å²) in [5.74, 6) is 0.200. The van der Waals surface area contributed by atoms with Crippen LogP contribution in [0.5, 0.6) is 0 Å². The highest BCUT2D eigenvalue weighted by molar-refractivity contribution is 6.14. The van der Waals surface area contributed by atoms with Crippen LogP contribution in [0.3, 0.4) is 0 Å². The fraction of sp³-hybridized carbons (Fsp3) is 0.207. The summed E-state index contributed by atoms with van der Waals surface area (Å²) in [6.07, 6.45) is 1.38. The fourth-order valence-corrected chi connectivity index (χ4v) is 5.61. The lowest BCUT2D eigenvalue weighted by Crippen LogP contribution is -2.33. The molecule has 1 heterocycles. The van der Waals surface area contributed by atoms with Gasteiger partial charge in [0.15, 0.2) is 5.78 Å². The van der Waals surface area contributed by atoms with Gasteiger partial charge in [-0.25, -0.2) is 0 Å². The number of ketones is 1. The van der Waals surface area contributed by atoms with Gasteiger partial charge in [0.25, 0.3) is 0 Å². The van der Waals surface area contributed by atoms with Crippen LogP contribution in [0.2, 0.25) is 0 Å². The van der Waals surface area contributed by atoms with Gasteiger partial charge in [0.05, 0.1) is 6.04 Å². The normalized spacial score (nSPS) is 18.8. The number of Topliss-reactive ketones (excluding diaryl/α,β-unsaturated/α-hetero) is 1. The molecule has 1 atom stereocenters. The van der Waals surface area contributed by atoms with E-state index in [2.05, 4.69) is 77.7 Å². The molecule has 1 aliphatic carbocycles. The zero-order chi connectivity index (χ0) is 23.4. The number of hydrogen-bond acceptors (Lipinski definition) is 3. The second-order valence-corrected chi connectivity index (χ2v) is 10.1. The lowest BCUT2D eigenvalue weighted by molar-refractivity contribution is -0.118. The number of nitrogens with zero attached hydrogens (tertiary/aromatic N) is 3. The van der Waals surface area contributed by atoms with Crippen LogP contribution in [0, 0.1) is 5.41 Å². The molecule has 6 rings (SSSR count). The average molecular weight is 445 g/mol. The Morgan fingerprint density at radius 1 is 0.941 bits per heavy atom. The maximum absolute atomic E-state index is 13.6. The van der Waals surface area contributed by atoms with Crippen molar-refractivity contribution >= 4 is 44.3 Å². The summed E-state index contributed by atoms with van der Waals surface area (Å²) in [7, 11) is 0. The van der Waals surface area contributed by atoms with E-state index in [0.717, 1.165) is 34.4 Å². The quantitative estimate of drug-likeness (QED) is 0.146. The largest absolute Gasteiger partial charge is 0.373 e. The van der Waals surface area contributed by atoms with Gasteiger partial charge in [-0.05, 0) is 68.2 Å². The smallest absolute Gasteiger partial charge is 0.162 e. The highest BCUT2D eigenvalue weighted by Gasteiger charge is 2.40. The molecular weight excluding hydrogens is 420 g/mol. The first-order chi connectivity index (χ1) is 16.4. The minimum Gasteiger partial charge on any atom is -0.373 e. The van der Waals surface area contributed by atoms with E-state index in [1.165, 1.54) is 21.5 Å². The maximum Gasteiger partial charge on any atom is 0.162 e. The Labute approximate surface area is 197 Å². The Hall–Kier alpha value is -4.08. The Morgan fingerprint density at radius 2 is 1.68 bits per heavy atom. The van der Waals surface area contributed by atoms with Crippen LogP contribution in [0.25, 0.3) is 37.6 Å². The molecule has 0 amide bonds. The molecule has 4 aromatic rings. The molecule has 0 radical (unpaired) electrons. The van der Waals surface area contributed by atoms with Gasteiger partial charge in [-0.3, -0.25) is 4.79 Å². The van der Waals surface area contributed by atoms with Crippen molar-refractivity contribution in [2.45, 2.75) is 32.7 Å². The molecule has 166 valence electrons. The van der Waals surface area contributed by atoms with Crippen LogP contribution in [-0.4, -0.2) is 5.78 Å². The molecule has 0 saturated heterocycles. The number of fused-ring (bicyclic) bond motifs is 5. The van der Waals surface area contributed by atoms with Crippen LogP contribution in [0.1, 0.15) is 43.9 Å². The molecule has 4 aromatic carbocycles. The molecule has 1 unspecified atom stereocenters. The number of nitrogens with one attached hydrogen (secondary N) is 1. The van der Waals surface area contributed by atoms with Gasteiger partial charge in [0, 0.05) is 33.8 Å². The van der Waals surface area contributed by atoms with Gasteiger partial charge in [-0.15, -0.1) is 0 Å². The standard InChI is InChI=1S/C29H24N4O/c1-29(2)15-23-26-22-14-19-6-4-3-5-18(19)13-20(22)9-12-24(26)31-28(27(23)25(34)16-29)17-7-10-21(11-8-17)32-33-30/h3-14,28,31H,15-16H2,1-2H3. The van der Waals surface area contributed by atoms with Crippen molar-refractivity contribution in [3.05, 3.63) is 99.9 Å². The number of benzene rings is 4. The van der Waals surface area contributed by atoms with Gasteiger partial charge in [0.2, 0.25) is 0 Å². The predicted molar refractivity (Wildman–Crippen MR) is 138 cm³/mol. The monoisotopic (exact) mass is 444 g/mol. The van der Waals surface area contributed by atoms with Crippen LogP contribution in [0.15, 0.2) is 83.5 Å². The van der Waals surface area contributed by atoms with Crippen LogP contribution < -0.4 is 5.32 Å². The maximum atomic E-state index is 13.6. The lowest BCUT2D eigenvalue weighted by atomic mass is 9.68. The van der Waals surface area contributed by atoms with Crippen molar-refractivity contribution in [3.8, 4) is 0 Å². The van der Waals surface area contributed by atoms with Gasteiger partial charge < -0.3 is 5.32 Å². The van der Waals surface area contributed by atoms with E-state index < -0.39 is 0 Å². The van der Waals surface area contributed by atoms with Crippen LogP contribution in [0.4, 0.5) is 11.4 Å². The van der Waals surface area contributed by atoms with Crippen molar-refractivity contribution in [2.75, 3.05) is 5.32 Å². The number of carbonyl (C=O) groups excluding carboxylic acids is 1. The molecule has 1 N–H and O–H groups in total. The summed E-state index contributed by atoms with van der Waals surface area (Å²) in [5, 5.41) is 12.1.